The Hall–Kier alpha value is -3.49. The summed E-state index contributed by atoms with van der Waals surface area (Å²) in [6, 6.07) is 11.8. The summed E-state index contributed by atoms with van der Waals surface area (Å²) in [6.07, 6.45) is 3.96. The van der Waals surface area contributed by atoms with Crippen molar-refractivity contribution < 1.29 is 23.8 Å². The number of benzene rings is 1. The first kappa shape index (κ1) is 21.4. The van der Waals surface area contributed by atoms with Crippen LogP contribution in [0.3, 0.4) is 0 Å². The maximum Gasteiger partial charge on any atom is 0.290 e. The van der Waals surface area contributed by atoms with Crippen LogP contribution in [0, 0.1) is 0 Å². The first-order valence-corrected chi connectivity index (χ1v) is 11.1. The zero-order valence-corrected chi connectivity index (χ0v) is 18.1. The molecule has 2 aliphatic heterocycles. The molecule has 8 nitrogen and oxygen atoms in total. The van der Waals surface area contributed by atoms with Crippen LogP contribution in [-0.2, 0) is 9.53 Å². The third-order valence-electron chi connectivity index (χ3n) is 6.17. The summed E-state index contributed by atoms with van der Waals surface area (Å²) >= 11 is 0. The van der Waals surface area contributed by atoms with Gasteiger partial charge in [0.25, 0.3) is 5.91 Å². The number of carbonyl (C=O) groups excluding carboxylic acids is 2. The summed E-state index contributed by atoms with van der Waals surface area (Å²) in [4.78, 5) is 34.6. The molecular formula is C25H25N3O5. The third kappa shape index (κ3) is 4.15. The number of pyridine rings is 1. The van der Waals surface area contributed by atoms with Gasteiger partial charge < -0.3 is 19.2 Å². The molecule has 0 radical (unpaired) electrons. The fraction of sp³-hybridized carbons (Fsp3) is 0.320. The Bertz CT molecular complexity index is 1160. The largest absolute Gasteiger partial charge is 0.503 e. The second-order valence-corrected chi connectivity index (χ2v) is 8.23. The molecule has 1 fully saturated rings. The van der Waals surface area contributed by atoms with E-state index in [0.717, 1.165) is 25.0 Å². The van der Waals surface area contributed by atoms with E-state index in [4.69, 9.17) is 9.15 Å². The summed E-state index contributed by atoms with van der Waals surface area (Å²) in [7, 11) is 0. The highest BCUT2D eigenvalue weighted by Gasteiger charge is 2.44. The van der Waals surface area contributed by atoms with Gasteiger partial charge in [0, 0.05) is 44.0 Å². The number of rotatable bonds is 7. The molecule has 1 aromatic carbocycles. The number of furan rings is 1. The number of ether oxygens (including phenoxy) is 1. The molecule has 1 amide bonds. The molecule has 1 saturated heterocycles. The number of aliphatic hydroxyl groups excluding tert-OH is 1. The number of amides is 1. The number of hydrogen-bond acceptors (Lipinski definition) is 7. The van der Waals surface area contributed by atoms with E-state index in [1.165, 1.54) is 0 Å². The van der Waals surface area contributed by atoms with Crippen LogP contribution < -0.4 is 0 Å². The molecule has 0 aliphatic carbocycles. The Morgan fingerprint density at radius 3 is 2.70 bits per heavy atom. The van der Waals surface area contributed by atoms with Crippen molar-refractivity contribution in [3.05, 3.63) is 77.5 Å². The van der Waals surface area contributed by atoms with Crippen LogP contribution in [-0.4, -0.2) is 71.0 Å². The molecule has 2 aromatic heterocycles. The highest BCUT2D eigenvalue weighted by Crippen LogP contribution is 2.39. The first-order valence-electron chi connectivity index (χ1n) is 11.1. The molecule has 33 heavy (non-hydrogen) atoms. The molecule has 0 saturated carbocycles. The van der Waals surface area contributed by atoms with E-state index in [9.17, 15) is 14.7 Å². The molecule has 0 bridgehead atoms. The summed E-state index contributed by atoms with van der Waals surface area (Å²) in [5.74, 6) is -1.48. The quantitative estimate of drug-likeness (QED) is 0.556. The Kier molecular flexibility index (Phi) is 5.93. The number of aliphatic hydroxyl groups is 1. The SMILES string of the molecule is O=C(C1=C(O)C(=O)N(CCCN2CCOCC2)C1c1cccnc1)c1cc2ccccc2o1. The van der Waals surface area contributed by atoms with E-state index < -0.39 is 23.5 Å². The van der Waals surface area contributed by atoms with Crippen molar-refractivity contribution in [2.75, 3.05) is 39.4 Å². The number of nitrogens with zero attached hydrogens (tertiary/aromatic N) is 3. The maximum absolute atomic E-state index is 13.5. The minimum atomic E-state index is -0.725. The van der Waals surface area contributed by atoms with Gasteiger partial charge >= 0.3 is 0 Å². The van der Waals surface area contributed by atoms with Crippen molar-refractivity contribution in [1.82, 2.24) is 14.8 Å². The van der Waals surface area contributed by atoms with Crippen molar-refractivity contribution in [2.24, 2.45) is 0 Å². The molecule has 2 aliphatic rings. The van der Waals surface area contributed by atoms with Crippen LogP contribution in [0.2, 0.25) is 0 Å². The van der Waals surface area contributed by atoms with Crippen molar-refractivity contribution in [2.45, 2.75) is 12.5 Å². The highest BCUT2D eigenvalue weighted by molar-refractivity contribution is 6.15. The maximum atomic E-state index is 13.5. The molecule has 5 rings (SSSR count). The Balaban J connectivity index is 1.43. The first-order chi connectivity index (χ1) is 16.1. The molecule has 1 atom stereocenters. The normalized spacial score (nSPS) is 19.6. The van der Waals surface area contributed by atoms with Crippen molar-refractivity contribution >= 4 is 22.7 Å². The lowest BCUT2D eigenvalue weighted by atomic mass is 9.96. The predicted molar refractivity (Wildman–Crippen MR) is 121 cm³/mol. The summed E-state index contributed by atoms with van der Waals surface area (Å²) in [5.41, 5.74) is 1.27. The van der Waals surface area contributed by atoms with Crippen LogP contribution in [0.4, 0.5) is 0 Å². The molecule has 1 unspecified atom stereocenters. The predicted octanol–water partition coefficient (Wildman–Crippen LogP) is 3.13. The number of hydrogen-bond donors (Lipinski definition) is 1. The van der Waals surface area contributed by atoms with Crippen molar-refractivity contribution in [3.8, 4) is 0 Å². The summed E-state index contributed by atoms with van der Waals surface area (Å²) in [5, 5.41) is 11.6. The monoisotopic (exact) mass is 447 g/mol. The number of Topliss-reactive ketones (excluding diaryl/α,β-unsaturated/α-hetero) is 1. The molecule has 4 heterocycles. The number of fused-ring (bicyclic) bond motifs is 1. The molecular weight excluding hydrogens is 422 g/mol. The fourth-order valence-corrected chi connectivity index (χ4v) is 4.52. The lowest BCUT2D eigenvalue weighted by Crippen LogP contribution is -2.39. The number of ketones is 1. The minimum absolute atomic E-state index is 0.0263. The molecule has 170 valence electrons. The Labute approximate surface area is 191 Å². The van der Waals surface area contributed by atoms with Gasteiger partial charge in [-0.3, -0.25) is 19.5 Å². The van der Waals surface area contributed by atoms with Gasteiger partial charge in [-0.05, 0) is 30.2 Å². The van der Waals surface area contributed by atoms with Gasteiger partial charge in [-0.15, -0.1) is 0 Å². The van der Waals surface area contributed by atoms with E-state index in [1.807, 2.05) is 24.3 Å². The Morgan fingerprint density at radius 1 is 1.12 bits per heavy atom. The molecule has 1 N–H and O–H groups in total. The van der Waals surface area contributed by atoms with E-state index in [0.29, 0.717) is 37.3 Å². The average molecular weight is 447 g/mol. The van der Waals surface area contributed by atoms with E-state index in [-0.39, 0.29) is 11.3 Å². The number of aromatic nitrogens is 1. The van der Waals surface area contributed by atoms with Crippen molar-refractivity contribution in [3.63, 3.8) is 0 Å². The lowest BCUT2D eigenvalue weighted by molar-refractivity contribution is -0.129. The van der Waals surface area contributed by atoms with Crippen LogP contribution in [0.5, 0.6) is 0 Å². The van der Waals surface area contributed by atoms with E-state index in [1.54, 1.807) is 35.5 Å². The number of morpholine rings is 1. The average Bonchev–Trinajstić information content (AvgIpc) is 3.40. The van der Waals surface area contributed by atoms with Gasteiger partial charge in [0.1, 0.15) is 5.58 Å². The van der Waals surface area contributed by atoms with E-state index in [2.05, 4.69) is 9.88 Å². The number of carbonyl (C=O) groups is 2. The van der Waals surface area contributed by atoms with Gasteiger partial charge in [-0.2, -0.15) is 0 Å². The number of para-hydroxylation sites is 1. The van der Waals surface area contributed by atoms with Crippen LogP contribution in [0.1, 0.15) is 28.6 Å². The third-order valence-corrected chi connectivity index (χ3v) is 6.17. The lowest BCUT2D eigenvalue weighted by Gasteiger charge is -2.29. The van der Waals surface area contributed by atoms with Crippen LogP contribution in [0.15, 0.2) is 70.6 Å². The van der Waals surface area contributed by atoms with Crippen molar-refractivity contribution in [1.29, 1.82) is 0 Å². The van der Waals surface area contributed by atoms with Gasteiger partial charge in [0.05, 0.1) is 24.8 Å². The fourth-order valence-electron chi connectivity index (χ4n) is 4.52. The van der Waals surface area contributed by atoms with Gasteiger partial charge in [0.15, 0.2) is 11.5 Å². The summed E-state index contributed by atoms with van der Waals surface area (Å²) < 4.78 is 11.1. The minimum Gasteiger partial charge on any atom is -0.503 e. The topological polar surface area (TPSA) is 96.1 Å². The van der Waals surface area contributed by atoms with Crippen LogP contribution in [0.25, 0.3) is 11.0 Å². The molecule has 8 heteroatoms. The van der Waals surface area contributed by atoms with E-state index >= 15 is 0 Å². The standard InChI is InChI=1S/C25H25N3O5/c29-23(20-15-17-5-1-2-7-19(17)33-20)21-22(18-6-3-8-26-16-18)28(25(31)24(21)30)10-4-9-27-11-13-32-14-12-27/h1-3,5-8,15-16,22,30H,4,9-14H2. The molecule has 0 spiro atoms. The Morgan fingerprint density at radius 2 is 1.94 bits per heavy atom. The summed E-state index contributed by atoms with van der Waals surface area (Å²) in [6.45, 7) is 4.34. The second kappa shape index (κ2) is 9.17. The zero-order chi connectivity index (χ0) is 22.8. The zero-order valence-electron chi connectivity index (χ0n) is 18.1. The van der Waals surface area contributed by atoms with Gasteiger partial charge in [0.2, 0.25) is 5.78 Å². The van der Waals surface area contributed by atoms with Gasteiger partial charge in [-0.25, -0.2) is 0 Å². The van der Waals surface area contributed by atoms with Gasteiger partial charge in [-0.1, -0.05) is 24.3 Å². The highest BCUT2D eigenvalue weighted by atomic mass is 16.5. The van der Waals surface area contributed by atoms with Crippen LogP contribution >= 0.6 is 0 Å². The smallest absolute Gasteiger partial charge is 0.290 e. The molecule has 3 aromatic rings. The second-order valence-electron chi connectivity index (χ2n) is 8.23.